The molecular weight excluding hydrogens is 276 g/mol. The van der Waals surface area contributed by atoms with Crippen molar-refractivity contribution >= 4 is 10.0 Å². The van der Waals surface area contributed by atoms with E-state index in [1.807, 2.05) is 0 Å². The van der Waals surface area contributed by atoms with Gasteiger partial charge in [0, 0.05) is 6.54 Å². The molecule has 1 saturated carbocycles. The van der Waals surface area contributed by atoms with Crippen molar-refractivity contribution < 1.29 is 12.8 Å². The Kier molecular flexibility index (Phi) is 5.23. The van der Waals surface area contributed by atoms with Gasteiger partial charge in [0.25, 0.3) is 10.0 Å². The first-order valence-corrected chi connectivity index (χ1v) is 8.78. The fourth-order valence-corrected chi connectivity index (χ4v) is 3.69. The SMILES string of the molecule is CC1CCC(CCNS(=O)(=O)c2ccc(CN)o2)CC1. The fraction of sp³-hybridized carbons (Fsp3) is 0.714. The average molecular weight is 300 g/mol. The Bertz CT molecular complexity index is 516. The fourth-order valence-electron chi connectivity index (χ4n) is 2.70. The van der Waals surface area contributed by atoms with E-state index < -0.39 is 10.0 Å². The minimum Gasteiger partial charge on any atom is -0.447 e. The molecule has 0 unspecified atom stereocenters. The second kappa shape index (κ2) is 6.74. The summed E-state index contributed by atoms with van der Waals surface area (Å²) in [5.41, 5.74) is 5.41. The van der Waals surface area contributed by atoms with Gasteiger partial charge in [0.05, 0.1) is 6.54 Å². The molecule has 5 nitrogen and oxygen atoms in total. The number of hydrogen-bond acceptors (Lipinski definition) is 4. The number of hydrogen-bond donors (Lipinski definition) is 2. The zero-order chi connectivity index (χ0) is 14.6. The number of rotatable bonds is 6. The van der Waals surface area contributed by atoms with E-state index in [4.69, 9.17) is 10.2 Å². The Balaban J connectivity index is 1.80. The smallest absolute Gasteiger partial charge is 0.273 e. The first-order chi connectivity index (χ1) is 9.51. The minimum atomic E-state index is -3.53. The summed E-state index contributed by atoms with van der Waals surface area (Å²) < 4.78 is 31.8. The molecule has 0 atom stereocenters. The maximum atomic E-state index is 12.0. The Hall–Kier alpha value is -0.850. The molecule has 0 amide bonds. The number of furan rings is 1. The van der Waals surface area contributed by atoms with Gasteiger partial charge in [-0.15, -0.1) is 0 Å². The molecule has 0 saturated heterocycles. The van der Waals surface area contributed by atoms with Crippen LogP contribution in [0.15, 0.2) is 21.6 Å². The van der Waals surface area contributed by atoms with Crippen LogP contribution in [0, 0.1) is 11.8 Å². The topological polar surface area (TPSA) is 85.3 Å². The van der Waals surface area contributed by atoms with Crippen LogP contribution in [0.5, 0.6) is 0 Å². The standard InChI is InChI=1S/C14H24N2O3S/c1-11-2-4-12(5-3-11)8-9-16-20(17,18)14-7-6-13(10-15)19-14/h6-7,11-12,16H,2-5,8-10,15H2,1H3. The molecular formula is C14H24N2O3S. The monoisotopic (exact) mass is 300 g/mol. The maximum absolute atomic E-state index is 12.0. The molecule has 3 N–H and O–H groups in total. The molecule has 1 aliphatic carbocycles. The van der Waals surface area contributed by atoms with Crippen LogP contribution >= 0.6 is 0 Å². The number of nitrogens with two attached hydrogens (primary N) is 1. The van der Waals surface area contributed by atoms with Crippen LogP contribution in [0.3, 0.4) is 0 Å². The van der Waals surface area contributed by atoms with E-state index in [0.29, 0.717) is 18.2 Å². The van der Waals surface area contributed by atoms with E-state index in [2.05, 4.69) is 11.6 Å². The molecule has 0 radical (unpaired) electrons. The quantitative estimate of drug-likeness (QED) is 0.843. The highest BCUT2D eigenvalue weighted by molar-refractivity contribution is 7.89. The molecule has 0 aliphatic heterocycles. The van der Waals surface area contributed by atoms with Gasteiger partial charge in [-0.1, -0.05) is 32.6 Å². The van der Waals surface area contributed by atoms with Crippen molar-refractivity contribution in [2.45, 2.75) is 50.7 Å². The lowest BCUT2D eigenvalue weighted by molar-refractivity contribution is 0.278. The second-order valence-electron chi connectivity index (χ2n) is 5.74. The molecule has 0 spiro atoms. The van der Waals surface area contributed by atoms with Gasteiger partial charge in [-0.2, -0.15) is 0 Å². The molecule has 1 aromatic heterocycles. The summed E-state index contributed by atoms with van der Waals surface area (Å²) in [6.45, 7) is 2.96. The van der Waals surface area contributed by atoms with Gasteiger partial charge in [-0.3, -0.25) is 0 Å². The normalized spacial score (nSPS) is 23.9. The van der Waals surface area contributed by atoms with Crippen molar-refractivity contribution in [3.63, 3.8) is 0 Å². The van der Waals surface area contributed by atoms with Crippen LogP contribution in [0.1, 0.15) is 44.8 Å². The predicted octanol–water partition coefficient (Wildman–Crippen LogP) is 2.23. The maximum Gasteiger partial charge on any atom is 0.273 e. The van der Waals surface area contributed by atoms with Crippen LogP contribution in [-0.2, 0) is 16.6 Å². The van der Waals surface area contributed by atoms with Crippen LogP contribution in [0.4, 0.5) is 0 Å². The van der Waals surface area contributed by atoms with E-state index in [1.54, 1.807) is 6.07 Å². The third-order valence-electron chi connectivity index (χ3n) is 4.08. The second-order valence-corrected chi connectivity index (χ2v) is 7.44. The summed E-state index contributed by atoms with van der Waals surface area (Å²) in [4.78, 5) is 0. The predicted molar refractivity (Wildman–Crippen MR) is 77.5 cm³/mol. The van der Waals surface area contributed by atoms with E-state index in [9.17, 15) is 8.42 Å². The highest BCUT2D eigenvalue weighted by atomic mass is 32.2. The largest absolute Gasteiger partial charge is 0.447 e. The van der Waals surface area contributed by atoms with Gasteiger partial charge in [-0.25, -0.2) is 13.1 Å². The van der Waals surface area contributed by atoms with Crippen molar-refractivity contribution in [2.75, 3.05) is 6.54 Å². The van der Waals surface area contributed by atoms with Crippen LogP contribution < -0.4 is 10.5 Å². The molecule has 114 valence electrons. The first-order valence-electron chi connectivity index (χ1n) is 7.29. The highest BCUT2D eigenvalue weighted by Gasteiger charge is 2.21. The van der Waals surface area contributed by atoms with Gasteiger partial charge >= 0.3 is 0 Å². The van der Waals surface area contributed by atoms with Crippen molar-refractivity contribution in [2.24, 2.45) is 17.6 Å². The Morgan fingerprint density at radius 3 is 2.60 bits per heavy atom. The van der Waals surface area contributed by atoms with Gasteiger partial charge in [0.2, 0.25) is 5.09 Å². The van der Waals surface area contributed by atoms with Crippen LogP contribution in [0.2, 0.25) is 0 Å². The zero-order valence-electron chi connectivity index (χ0n) is 12.0. The average Bonchev–Trinajstić information content (AvgIpc) is 2.90. The zero-order valence-corrected chi connectivity index (χ0v) is 12.8. The van der Waals surface area contributed by atoms with Crippen molar-refractivity contribution in [1.29, 1.82) is 0 Å². The van der Waals surface area contributed by atoms with Crippen LogP contribution in [0.25, 0.3) is 0 Å². The van der Waals surface area contributed by atoms with Crippen molar-refractivity contribution in [1.82, 2.24) is 4.72 Å². The van der Waals surface area contributed by atoms with Gasteiger partial charge in [0.15, 0.2) is 0 Å². The van der Waals surface area contributed by atoms with E-state index in [0.717, 1.165) is 12.3 Å². The molecule has 1 aliphatic rings. The summed E-state index contributed by atoms with van der Waals surface area (Å²) in [7, 11) is -3.53. The highest BCUT2D eigenvalue weighted by Crippen LogP contribution is 2.30. The first kappa shape index (κ1) is 15.5. The third kappa shape index (κ3) is 4.07. The Morgan fingerprint density at radius 1 is 1.30 bits per heavy atom. The molecule has 1 heterocycles. The van der Waals surface area contributed by atoms with E-state index in [1.165, 1.54) is 31.7 Å². The lowest BCUT2D eigenvalue weighted by atomic mass is 9.81. The van der Waals surface area contributed by atoms with Gasteiger partial charge in [0.1, 0.15) is 5.76 Å². The number of nitrogens with one attached hydrogen (secondary N) is 1. The lowest BCUT2D eigenvalue weighted by Crippen LogP contribution is -2.26. The lowest BCUT2D eigenvalue weighted by Gasteiger charge is -2.25. The van der Waals surface area contributed by atoms with Crippen molar-refractivity contribution in [3.8, 4) is 0 Å². The van der Waals surface area contributed by atoms with Gasteiger partial charge < -0.3 is 10.2 Å². The minimum absolute atomic E-state index is 0.0461. The molecule has 2 rings (SSSR count). The number of sulfonamides is 1. The Morgan fingerprint density at radius 2 is 2.00 bits per heavy atom. The third-order valence-corrected chi connectivity index (χ3v) is 5.42. The molecule has 6 heteroatoms. The van der Waals surface area contributed by atoms with E-state index >= 15 is 0 Å². The molecule has 0 aromatic carbocycles. The molecule has 0 bridgehead atoms. The Labute approximate surface area is 121 Å². The molecule has 1 fully saturated rings. The molecule has 20 heavy (non-hydrogen) atoms. The summed E-state index contributed by atoms with van der Waals surface area (Å²) in [5, 5.41) is -0.0461. The summed E-state index contributed by atoms with van der Waals surface area (Å²) in [5.74, 6) is 1.94. The van der Waals surface area contributed by atoms with E-state index in [-0.39, 0.29) is 11.6 Å². The summed E-state index contributed by atoms with van der Waals surface area (Å²) >= 11 is 0. The van der Waals surface area contributed by atoms with Crippen LogP contribution in [-0.4, -0.2) is 15.0 Å². The summed E-state index contributed by atoms with van der Waals surface area (Å²) in [6.07, 6.45) is 5.84. The summed E-state index contributed by atoms with van der Waals surface area (Å²) in [6, 6.07) is 3.05. The molecule has 1 aromatic rings. The van der Waals surface area contributed by atoms with Crippen molar-refractivity contribution in [3.05, 3.63) is 17.9 Å². The van der Waals surface area contributed by atoms with Gasteiger partial charge in [-0.05, 0) is 30.4 Å².